The van der Waals surface area contributed by atoms with Crippen molar-refractivity contribution in [1.29, 1.82) is 0 Å². The molecule has 0 bridgehead atoms. The minimum atomic E-state index is 0.876. The molecule has 0 aromatic carbocycles. The standard InChI is InChI=1S/C6H12OS/c1-3-8-6-4-5-7-2/h3,7H,1-2,4-6H2. The molecule has 0 amide bonds. The van der Waals surface area contributed by atoms with Crippen LogP contribution in [0.4, 0.5) is 0 Å². The van der Waals surface area contributed by atoms with Crippen molar-refractivity contribution in [2.24, 2.45) is 0 Å². The molecule has 0 unspecified atom stereocenters. The van der Waals surface area contributed by atoms with Gasteiger partial charge in [0.25, 0.3) is 0 Å². The summed E-state index contributed by atoms with van der Waals surface area (Å²) >= 11 is 1.72. The van der Waals surface area contributed by atoms with E-state index in [1.807, 2.05) is 5.75 Å². The van der Waals surface area contributed by atoms with Crippen LogP contribution in [0.1, 0.15) is 6.42 Å². The fraction of sp³-hybridized carbons (Fsp3) is 0.500. The summed E-state index contributed by atoms with van der Waals surface area (Å²) in [6.07, 6.45) is 1.11. The minimum absolute atomic E-state index is 0.876. The zero-order valence-electron chi connectivity index (χ0n) is 4.97. The van der Waals surface area contributed by atoms with Gasteiger partial charge in [-0.3, -0.25) is 0 Å². The Morgan fingerprint density at radius 3 is 2.88 bits per heavy atom. The SMILES string of the molecule is [CH2-][CH+]SCCC[OH+][CH2-]. The monoisotopic (exact) mass is 132 g/mol. The highest BCUT2D eigenvalue weighted by molar-refractivity contribution is 8.01. The van der Waals surface area contributed by atoms with Gasteiger partial charge in [0.2, 0.25) is 0 Å². The predicted octanol–water partition coefficient (Wildman–Crippen LogP) is 1.43. The molecule has 0 heterocycles. The van der Waals surface area contributed by atoms with Crippen molar-refractivity contribution < 1.29 is 4.74 Å². The molecule has 1 N–H and O–H groups in total. The molecular formula is C6H12OS. The molecular weight excluding hydrogens is 120 g/mol. The molecule has 0 aliphatic rings. The van der Waals surface area contributed by atoms with Crippen LogP contribution in [-0.2, 0) is 0 Å². The molecule has 0 aliphatic heterocycles. The smallest absolute Gasteiger partial charge is 0.120 e. The van der Waals surface area contributed by atoms with Gasteiger partial charge in [0.05, 0.1) is 0 Å². The van der Waals surface area contributed by atoms with E-state index in [1.54, 1.807) is 11.8 Å². The summed E-state index contributed by atoms with van der Waals surface area (Å²) in [5, 5.41) is 0. The fourth-order valence-corrected chi connectivity index (χ4v) is 0.805. The van der Waals surface area contributed by atoms with Crippen molar-refractivity contribution in [3.8, 4) is 0 Å². The number of aliphatic hydroxyl groups is 2. The lowest BCUT2D eigenvalue weighted by atomic mass is 10.5. The van der Waals surface area contributed by atoms with Gasteiger partial charge in [-0.2, -0.15) is 0 Å². The molecule has 8 heavy (non-hydrogen) atoms. The molecule has 0 aromatic rings. The van der Waals surface area contributed by atoms with Gasteiger partial charge in [0, 0.05) is 23.9 Å². The van der Waals surface area contributed by atoms with Crippen LogP contribution in [0.25, 0.3) is 0 Å². The molecule has 0 aromatic heterocycles. The lowest BCUT2D eigenvalue weighted by Gasteiger charge is -1.95. The average Bonchev–Trinajstić information content (AvgIpc) is 1.81. The molecule has 0 fully saturated rings. The van der Waals surface area contributed by atoms with E-state index in [2.05, 4.69) is 18.8 Å². The summed E-state index contributed by atoms with van der Waals surface area (Å²) in [6, 6.07) is 0. The molecule has 48 valence electrons. The maximum absolute atomic E-state index is 3.71. The lowest BCUT2D eigenvalue weighted by molar-refractivity contribution is 0.0576. The van der Waals surface area contributed by atoms with Crippen LogP contribution in [0.15, 0.2) is 0 Å². The molecule has 2 heteroatoms. The van der Waals surface area contributed by atoms with Crippen LogP contribution >= 0.6 is 11.8 Å². The van der Waals surface area contributed by atoms with E-state index in [0.717, 1.165) is 18.8 Å². The summed E-state index contributed by atoms with van der Waals surface area (Å²) in [5.74, 6) is 2.96. The lowest BCUT2D eigenvalue weighted by Crippen LogP contribution is -1.91. The van der Waals surface area contributed by atoms with E-state index < -0.39 is 0 Å². The molecule has 0 atom stereocenters. The highest BCUT2D eigenvalue weighted by Crippen LogP contribution is 2.03. The molecule has 0 rings (SSSR count). The van der Waals surface area contributed by atoms with Crippen molar-refractivity contribution in [1.82, 2.24) is 0 Å². The van der Waals surface area contributed by atoms with Gasteiger partial charge >= 0.3 is 0 Å². The highest BCUT2D eigenvalue weighted by Gasteiger charge is 1.88. The van der Waals surface area contributed by atoms with Crippen LogP contribution in [0.3, 0.4) is 0 Å². The highest BCUT2D eigenvalue weighted by atomic mass is 32.2. The minimum Gasteiger partial charge on any atom is -0.582 e. The summed E-state index contributed by atoms with van der Waals surface area (Å²) in [6.45, 7) is 4.45. The van der Waals surface area contributed by atoms with Crippen molar-refractivity contribution in [3.63, 3.8) is 0 Å². The Morgan fingerprint density at radius 2 is 2.38 bits per heavy atom. The van der Waals surface area contributed by atoms with E-state index in [4.69, 9.17) is 0 Å². The number of rotatable bonds is 5. The van der Waals surface area contributed by atoms with E-state index in [0.29, 0.717) is 0 Å². The second-order valence-corrected chi connectivity index (χ2v) is 2.41. The van der Waals surface area contributed by atoms with Crippen LogP contribution in [0.2, 0.25) is 0 Å². The van der Waals surface area contributed by atoms with Gasteiger partial charge in [0.1, 0.15) is 6.61 Å². The van der Waals surface area contributed by atoms with Crippen LogP contribution in [0.5, 0.6) is 0 Å². The maximum atomic E-state index is 3.71. The second kappa shape index (κ2) is 7.18. The van der Waals surface area contributed by atoms with Crippen LogP contribution in [0, 0.1) is 19.8 Å². The predicted molar refractivity (Wildman–Crippen MR) is 39.2 cm³/mol. The first-order valence-corrected chi connectivity index (χ1v) is 3.61. The van der Waals surface area contributed by atoms with Crippen molar-refractivity contribution >= 4 is 11.8 Å². The van der Waals surface area contributed by atoms with E-state index in [-0.39, 0.29) is 0 Å². The normalized spacial score (nSPS) is 9.25. The van der Waals surface area contributed by atoms with E-state index in [1.165, 1.54) is 0 Å². The molecule has 0 saturated carbocycles. The van der Waals surface area contributed by atoms with Crippen molar-refractivity contribution in [3.05, 3.63) is 19.8 Å². The van der Waals surface area contributed by atoms with E-state index >= 15 is 0 Å². The topological polar surface area (TPSA) is 12.8 Å². The number of thioether (sulfide) groups is 1. The molecule has 0 saturated heterocycles. The Balaban J connectivity index is 2.53. The fourth-order valence-electron chi connectivity index (χ4n) is 0.343. The Bertz CT molecular complexity index is 33.5. The summed E-state index contributed by atoms with van der Waals surface area (Å²) < 4.78 is 3.71. The molecule has 1 nitrogen and oxygen atoms in total. The first-order chi connectivity index (χ1) is 3.91. The quantitative estimate of drug-likeness (QED) is 0.313. The zero-order chi connectivity index (χ0) is 6.24. The summed E-state index contributed by atoms with van der Waals surface area (Å²) in [7, 11) is 3.37. The molecule has 0 spiro atoms. The largest absolute Gasteiger partial charge is 0.582 e. The molecule has 0 radical (unpaired) electrons. The van der Waals surface area contributed by atoms with E-state index in [9.17, 15) is 0 Å². The van der Waals surface area contributed by atoms with Gasteiger partial charge in [0.15, 0.2) is 0 Å². The number of hydrogen-bond donors (Lipinski definition) is 0. The Morgan fingerprint density at radius 1 is 1.62 bits per heavy atom. The van der Waals surface area contributed by atoms with Crippen molar-refractivity contribution in [2.75, 3.05) is 12.4 Å². The Kier molecular flexibility index (Phi) is 7.34. The maximum Gasteiger partial charge on any atom is 0.120 e. The second-order valence-electron chi connectivity index (χ2n) is 1.34. The van der Waals surface area contributed by atoms with Gasteiger partial charge in [-0.25, -0.2) is 0 Å². The molecule has 0 aliphatic carbocycles. The number of ether oxygens (including phenoxy) is 1. The van der Waals surface area contributed by atoms with Gasteiger partial charge in [-0.1, -0.05) is 7.11 Å². The number of hydrogen-bond acceptors (Lipinski definition) is 1. The van der Waals surface area contributed by atoms with Gasteiger partial charge in [-0.05, 0) is 5.75 Å². The average molecular weight is 132 g/mol. The van der Waals surface area contributed by atoms with Gasteiger partial charge in [-0.15, -0.1) is 6.92 Å². The summed E-state index contributed by atoms with van der Waals surface area (Å²) in [5.41, 5.74) is 0. The van der Waals surface area contributed by atoms with Crippen molar-refractivity contribution in [2.45, 2.75) is 6.42 Å². The Labute approximate surface area is 55.8 Å². The van der Waals surface area contributed by atoms with Gasteiger partial charge < -0.3 is 4.74 Å². The first kappa shape index (κ1) is 8.18. The third kappa shape index (κ3) is 6.18. The third-order valence-corrected chi connectivity index (χ3v) is 1.46. The zero-order valence-corrected chi connectivity index (χ0v) is 5.78. The first-order valence-electron chi connectivity index (χ1n) is 2.57. The Hall–Kier alpha value is 0.180. The third-order valence-electron chi connectivity index (χ3n) is 0.696. The summed E-state index contributed by atoms with van der Waals surface area (Å²) in [4.78, 5) is 0. The van der Waals surface area contributed by atoms with Crippen LogP contribution in [-0.4, -0.2) is 17.1 Å². The van der Waals surface area contributed by atoms with Crippen LogP contribution < -0.4 is 0 Å².